The van der Waals surface area contributed by atoms with Gasteiger partial charge in [-0.2, -0.15) is 0 Å². The maximum absolute atomic E-state index is 12.6. The summed E-state index contributed by atoms with van der Waals surface area (Å²) in [5.41, 5.74) is 0.279. The zero-order valence-corrected chi connectivity index (χ0v) is 10.8. The second-order valence-corrected chi connectivity index (χ2v) is 4.73. The maximum Gasteiger partial charge on any atom is 0.509 e. The summed E-state index contributed by atoms with van der Waals surface area (Å²) in [6, 6.07) is 6.02. The molecule has 0 saturated carbocycles. The van der Waals surface area contributed by atoms with Crippen LogP contribution in [0.4, 0.5) is 9.18 Å². The predicted octanol–water partition coefficient (Wildman–Crippen LogP) is 3.79. The van der Waals surface area contributed by atoms with Gasteiger partial charge in [0.15, 0.2) is 0 Å². The average Bonchev–Trinajstić information content (AvgIpc) is 2.24. The van der Waals surface area contributed by atoms with E-state index in [-0.39, 0.29) is 12.4 Å². The van der Waals surface area contributed by atoms with Crippen molar-refractivity contribution in [1.82, 2.24) is 0 Å². The lowest BCUT2D eigenvalue weighted by atomic mass is 10.2. The highest BCUT2D eigenvalue weighted by molar-refractivity contribution is 5.61. The molecule has 0 bridgehead atoms. The van der Waals surface area contributed by atoms with Gasteiger partial charge in [0.25, 0.3) is 0 Å². The molecule has 0 aliphatic carbocycles. The van der Waals surface area contributed by atoms with Gasteiger partial charge in [-0.15, -0.1) is 0 Å². The molecule has 4 heteroatoms. The minimum Gasteiger partial charge on any atom is -0.430 e. The maximum atomic E-state index is 12.6. The van der Waals surface area contributed by atoms with Gasteiger partial charge in [-0.05, 0) is 44.5 Å². The van der Waals surface area contributed by atoms with Crippen LogP contribution in [0.2, 0.25) is 0 Å². The fraction of sp³-hybridized carbons (Fsp3) is 0.357. The molecule has 0 aliphatic rings. The summed E-state index contributed by atoms with van der Waals surface area (Å²) in [7, 11) is 0. The van der Waals surface area contributed by atoms with Crippen LogP contribution in [0.5, 0.6) is 0 Å². The quantitative estimate of drug-likeness (QED) is 0.768. The topological polar surface area (TPSA) is 35.5 Å². The Morgan fingerprint density at radius 3 is 2.44 bits per heavy atom. The Hall–Kier alpha value is -1.84. The average molecular weight is 252 g/mol. The largest absolute Gasteiger partial charge is 0.509 e. The molecular formula is C14H17FO3. The summed E-state index contributed by atoms with van der Waals surface area (Å²) < 4.78 is 22.4. The highest BCUT2D eigenvalue weighted by atomic mass is 19.1. The van der Waals surface area contributed by atoms with Gasteiger partial charge in [0.2, 0.25) is 0 Å². The van der Waals surface area contributed by atoms with Gasteiger partial charge in [-0.3, -0.25) is 0 Å². The standard InChI is InChI=1S/C14H17FO3/c1-14(2,3)18-13(16)17-10-4-5-11-6-8-12(15)9-7-11/h4-9H,10H2,1-3H3/b5-4+. The van der Waals surface area contributed by atoms with Crippen LogP contribution in [0, 0.1) is 5.82 Å². The molecular weight excluding hydrogens is 235 g/mol. The van der Waals surface area contributed by atoms with Gasteiger partial charge in [-0.1, -0.05) is 18.2 Å². The first-order valence-corrected chi connectivity index (χ1v) is 5.65. The molecule has 18 heavy (non-hydrogen) atoms. The second kappa shape index (κ2) is 6.19. The Morgan fingerprint density at radius 2 is 1.89 bits per heavy atom. The van der Waals surface area contributed by atoms with E-state index in [1.54, 1.807) is 45.1 Å². The van der Waals surface area contributed by atoms with E-state index >= 15 is 0 Å². The highest BCUT2D eigenvalue weighted by Crippen LogP contribution is 2.08. The lowest BCUT2D eigenvalue weighted by molar-refractivity contribution is -0.00234. The van der Waals surface area contributed by atoms with E-state index in [0.717, 1.165) is 5.56 Å². The first kappa shape index (κ1) is 14.2. The minimum absolute atomic E-state index is 0.117. The summed E-state index contributed by atoms with van der Waals surface area (Å²) in [6.07, 6.45) is 2.70. The van der Waals surface area contributed by atoms with Gasteiger partial charge >= 0.3 is 6.16 Å². The van der Waals surface area contributed by atoms with E-state index in [1.807, 2.05) is 0 Å². The molecule has 1 aromatic rings. The third kappa shape index (κ3) is 6.03. The molecule has 0 aliphatic heterocycles. The third-order valence-electron chi connectivity index (χ3n) is 1.87. The Bertz CT molecular complexity index is 416. The van der Waals surface area contributed by atoms with E-state index in [4.69, 9.17) is 9.47 Å². The Morgan fingerprint density at radius 1 is 1.28 bits per heavy atom. The number of carbonyl (C=O) groups excluding carboxylic acids is 1. The van der Waals surface area contributed by atoms with Crippen molar-refractivity contribution in [3.63, 3.8) is 0 Å². The van der Waals surface area contributed by atoms with Crippen molar-refractivity contribution >= 4 is 12.2 Å². The Kier molecular flexibility index (Phi) is 4.89. The first-order valence-electron chi connectivity index (χ1n) is 5.65. The first-order chi connectivity index (χ1) is 8.37. The molecule has 0 aromatic heterocycles. The SMILES string of the molecule is CC(C)(C)OC(=O)OC/C=C/c1ccc(F)cc1. The van der Waals surface area contributed by atoms with Gasteiger partial charge in [0.05, 0.1) is 0 Å². The number of halogens is 1. The minimum atomic E-state index is -0.703. The van der Waals surface area contributed by atoms with E-state index < -0.39 is 11.8 Å². The van der Waals surface area contributed by atoms with Crippen molar-refractivity contribution in [1.29, 1.82) is 0 Å². The highest BCUT2D eigenvalue weighted by Gasteiger charge is 2.16. The molecule has 0 fully saturated rings. The van der Waals surface area contributed by atoms with Crippen LogP contribution in [0.25, 0.3) is 6.08 Å². The van der Waals surface area contributed by atoms with E-state index in [0.29, 0.717) is 0 Å². The summed E-state index contributed by atoms with van der Waals surface area (Å²) in [5.74, 6) is -0.280. The van der Waals surface area contributed by atoms with Crippen molar-refractivity contribution < 1.29 is 18.7 Å². The summed E-state index contributed by atoms with van der Waals surface area (Å²) in [4.78, 5) is 11.2. The van der Waals surface area contributed by atoms with Crippen molar-refractivity contribution in [2.45, 2.75) is 26.4 Å². The summed E-state index contributed by atoms with van der Waals surface area (Å²) in [5, 5.41) is 0. The number of rotatable bonds is 3. The number of ether oxygens (including phenoxy) is 2. The fourth-order valence-electron chi connectivity index (χ4n) is 1.15. The normalized spacial score (nSPS) is 11.6. The van der Waals surface area contributed by atoms with Crippen LogP contribution in [0.1, 0.15) is 26.3 Å². The number of carbonyl (C=O) groups is 1. The van der Waals surface area contributed by atoms with E-state index in [2.05, 4.69) is 0 Å². The Balaban J connectivity index is 2.33. The van der Waals surface area contributed by atoms with Crippen LogP contribution < -0.4 is 0 Å². The Labute approximate surface area is 106 Å². The lowest BCUT2D eigenvalue weighted by Crippen LogP contribution is -2.24. The molecule has 1 aromatic carbocycles. The van der Waals surface area contributed by atoms with Crippen molar-refractivity contribution in [3.8, 4) is 0 Å². The summed E-state index contributed by atoms with van der Waals surface area (Å²) in [6.45, 7) is 5.42. The van der Waals surface area contributed by atoms with E-state index in [9.17, 15) is 9.18 Å². The predicted molar refractivity (Wildman–Crippen MR) is 67.6 cm³/mol. The zero-order chi connectivity index (χ0) is 13.6. The second-order valence-electron chi connectivity index (χ2n) is 4.73. The molecule has 1 rings (SSSR count). The zero-order valence-electron chi connectivity index (χ0n) is 10.8. The van der Waals surface area contributed by atoms with Gasteiger partial charge < -0.3 is 9.47 Å². The van der Waals surface area contributed by atoms with Crippen LogP contribution in [0.15, 0.2) is 30.3 Å². The molecule has 0 N–H and O–H groups in total. The van der Waals surface area contributed by atoms with Gasteiger partial charge in [0, 0.05) is 0 Å². The number of hydrogen-bond acceptors (Lipinski definition) is 3. The molecule has 0 radical (unpaired) electrons. The van der Waals surface area contributed by atoms with Crippen LogP contribution in [-0.2, 0) is 9.47 Å². The van der Waals surface area contributed by atoms with E-state index in [1.165, 1.54) is 12.1 Å². The van der Waals surface area contributed by atoms with Crippen LogP contribution in [0.3, 0.4) is 0 Å². The number of benzene rings is 1. The van der Waals surface area contributed by atoms with Crippen molar-refractivity contribution in [2.24, 2.45) is 0 Å². The molecule has 0 spiro atoms. The molecule has 0 unspecified atom stereocenters. The van der Waals surface area contributed by atoms with Crippen LogP contribution in [-0.4, -0.2) is 18.4 Å². The molecule has 98 valence electrons. The lowest BCUT2D eigenvalue weighted by Gasteiger charge is -2.18. The van der Waals surface area contributed by atoms with Gasteiger partial charge in [0.1, 0.15) is 18.0 Å². The monoisotopic (exact) mass is 252 g/mol. The molecule has 3 nitrogen and oxygen atoms in total. The summed E-state index contributed by atoms with van der Waals surface area (Å²) >= 11 is 0. The molecule has 0 saturated heterocycles. The molecule has 0 amide bonds. The van der Waals surface area contributed by atoms with Gasteiger partial charge in [-0.25, -0.2) is 9.18 Å². The number of hydrogen-bond donors (Lipinski definition) is 0. The van der Waals surface area contributed by atoms with Crippen LogP contribution >= 0.6 is 0 Å². The smallest absolute Gasteiger partial charge is 0.430 e. The molecule has 0 atom stereocenters. The van der Waals surface area contributed by atoms with Crippen molar-refractivity contribution in [3.05, 3.63) is 41.7 Å². The molecule has 0 heterocycles. The third-order valence-corrected chi connectivity index (χ3v) is 1.87. The fourth-order valence-corrected chi connectivity index (χ4v) is 1.15. The van der Waals surface area contributed by atoms with Crippen molar-refractivity contribution in [2.75, 3.05) is 6.61 Å².